The molecular formula is C16H22O3. The van der Waals surface area contributed by atoms with Crippen molar-refractivity contribution >= 4 is 6.29 Å². The summed E-state index contributed by atoms with van der Waals surface area (Å²) in [5.74, 6) is 1.42. The molecule has 1 N–H and O–H groups in total. The van der Waals surface area contributed by atoms with Crippen LogP contribution in [0.25, 0.3) is 0 Å². The summed E-state index contributed by atoms with van der Waals surface area (Å²) in [5, 5.41) is 10.6. The summed E-state index contributed by atoms with van der Waals surface area (Å²) >= 11 is 0. The lowest BCUT2D eigenvalue weighted by Crippen LogP contribution is -2.30. The van der Waals surface area contributed by atoms with Crippen molar-refractivity contribution in [3.05, 3.63) is 28.8 Å². The smallest absolute Gasteiger partial charge is 0.153 e. The van der Waals surface area contributed by atoms with Gasteiger partial charge in [-0.25, -0.2) is 0 Å². The summed E-state index contributed by atoms with van der Waals surface area (Å²) in [5.41, 5.74) is 1.72. The van der Waals surface area contributed by atoms with E-state index in [4.69, 9.17) is 4.74 Å². The van der Waals surface area contributed by atoms with E-state index in [9.17, 15) is 9.90 Å². The number of ether oxygens (including phenoxy) is 1. The molecule has 2 rings (SSSR count). The lowest BCUT2D eigenvalue weighted by molar-refractivity contribution is 0.0316. The largest absolute Gasteiger partial charge is 0.496 e. The van der Waals surface area contributed by atoms with Gasteiger partial charge in [0.25, 0.3) is 0 Å². The Morgan fingerprint density at radius 3 is 2.68 bits per heavy atom. The molecule has 0 unspecified atom stereocenters. The van der Waals surface area contributed by atoms with Crippen molar-refractivity contribution in [1.82, 2.24) is 0 Å². The average Bonchev–Trinajstić information content (AvgIpc) is 2.36. The zero-order valence-corrected chi connectivity index (χ0v) is 12.1. The van der Waals surface area contributed by atoms with Crippen molar-refractivity contribution in [1.29, 1.82) is 0 Å². The summed E-state index contributed by atoms with van der Waals surface area (Å²) in [6, 6.07) is 3.72. The maximum Gasteiger partial charge on any atom is 0.153 e. The fourth-order valence-electron chi connectivity index (χ4n) is 3.08. The lowest BCUT2D eigenvalue weighted by Gasteiger charge is -2.38. The Balaban J connectivity index is 2.64. The van der Waals surface area contributed by atoms with Crippen LogP contribution >= 0.6 is 0 Å². The van der Waals surface area contributed by atoms with Gasteiger partial charge in [-0.15, -0.1) is 0 Å². The number of benzene rings is 1. The van der Waals surface area contributed by atoms with Crippen LogP contribution in [0.3, 0.4) is 0 Å². The summed E-state index contributed by atoms with van der Waals surface area (Å²) in [4.78, 5) is 11.2. The van der Waals surface area contributed by atoms with Crippen LogP contribution in [0, 0.1) is 5.92 Å². The van der Waals surface area contributed by atoms with Gasteiger partial charge < -0.3 is 9.84 Å². The number of aldehydes is 1. The second-order valence-electron chi connectivity index (χ2n) is 5.96. The Hall–Kier alpha value is -1.35. The normalized spacial score (nSPS) is 26.1. The highest BCUT2D eigenvalue weighted by atomic mass is 16.5. The van der Waals surface area contributed by atoms with E-state index in [1.54, 1.807) is 7.11 Å². The first-order valence-corrected chi connectivity index (χ1v) is 6.80. The highest BCUT2D eigenvalue weighted by Gasteiger charge is 2.36. The predicted octanol–water partition coefficient (Wildman–Crippen LogP) is 3.25. The number of carbonyl (C=O) groups excluding carboxylic acids is 1. The molecule has 19 heavy (non-hydrogen) atoms. The topological polar surface area (TPSA) is 46.5 Å². The first-order valence-electron chi connectivity index (χ1n) is 6.80. The third kappa shape index (κ3) is 2.39. The van der Waals surface area contributed by atoms with Gasteiger partial charge in [0.1, 0.15) is 5.75 Å². The molecule has 0 bridgehead atoms. The number of methoxy groups -OCH3 is 1. The molecule has 2 atom stereocenters. The molecule has 0 amide bonds. The van der Waals surface area contributed by atoms with Gasteiger partial charge in [0.05, 0.1) is 18.3 Å². The van der Waals surface area contributed by atoms with Gasteiger partial charge in [-0.05, 0) is 54.9 Å². The third-order valence-electron chi connectivity index (χ3n) is 4.26. The molecule has 1 aromatic rings. The number of fused-ring (bicyclic) bond motifs is 1. The molecule has 0 aromatic heterocycles. The SMILES string of the molecule is COc1cc2c(cc1C=O)[C@@H](C(C)C)CC[C@]2(C)O. The van der Waals surface area contributed by atoms with E-state index in [-0.39, 0.29) is 0 Å². The van der Waals surface area contributed by atoms with Gasteiger partial charge in [-0.1, -0.05) is 13.8 Å². The Morgan fingerprint density at radius 1 is 1.47 bits per heavy atom. The maximum absolute atomic E-state index is 11.2. The molecule has 0 aliphatic heterocycles. The van der Waals surface area contributed by atoms with Gasteiger partial charge in [0.2, 0.25) is 0 Å². The molecule has 0 fully saturated rings. The zero-order chi connectivity index (χ0) is 14.2. The average molecular weight is 262 g/mol. The van der Waals surface area contributed by atoms with Gasteiger partial charge >= 0.3 is 0 Å². The fraction of sp³-hybridized carbons (Fsp3) is 0.562. The molecule has 3 nitrogen and oxygen atoms in total. The molecule has 0 saturated carbocycles. The highest BCUT2D eigenvalue weighted by molar-refractivity contribution is 5.80. The van der Waals surface area contributed by atoms with E-state index < -0.39 is 5.60 Å². The third-order valence-corrected chi connectivity index (χ3v) is 4.26. The summed E-state index contributed by atoms with van der Waals surface area (Å²) in [6.45, 7) is 6.20. The minimum Gasteiger partial charge on any atom is -0.496 e. The van der Waals surface area contributed by atoms with Crippen molar-refractivity contribution in [3.63, 3.8) is 0 Å². The Morgan fingerprint density at radius 2 is 2.16 bits per heavy atom. The number of hydrogen-bond donors (Lipinski definition) is 1. The Labute approximate surface area is 114 Å². The highest BCUT2D eigenvalue weighted by Crippen LogP contribution is 2.46. The van der Waals surface area contributed by atoms with E-state index in [2.05, 4.69) is 13.8 Å². The summed E-state index contributed by atoms with van der Waals surface area (Å²) < 4.78 is 5.25. The van der Waals surface area contributed by atoms with Crippen LogP contribution in [0.4, 0.5) is 0 Å². The van der Waals surface area contributed by atoms with Gasteiger partial charge in [-0.2, -0.15) is 0 Å². The monoisotopic (exact) mass is 262 g/mol. The summed E-state index contributed by atoms with van der Waals surface area (Å²) in [6.07, 6.45) is 2.51. The van der Waals surface area contributed by atoms with E-state index in [0.717, 1.165) is 30.3 Å². The number of rotatable bonds is 3. The van der Waals surface area contributed by atoms with Crippen LogP contribution in [0.15, 0.2) is 12.1 Å². The fourth-order valence-corrected chi connectivity index (χ4v) is 3.08. The minimum atomic E-state index is -0.838. The van der Waals surface area contributed by atoms with Gasteiger partial charge in [-0.3, -0.25) is 4.79 Å². The molecule has 1 aliphatic carbocycles. The number of hydrogen-bond acceptors (Lipinski definition) is 3. The van der Waals surface area contributed by atoms with Crippen LogP contribution in [-0.4, -0.2) is 18.5 Å². The molecule has 104 valence electrons. The lowest BCUT2D eigenvalue weighted by atomic mass is 9.70. The molecule has 0 radical (unpaired) electrons. The molecule has 0 heterocycles. The molecule has 1 aliphatic rings. The van der Waals surface area contributed by atoms with E-state index in [0.29, 0.717) is 23.1 Å². The minimum absolute atomic E-state index is 0.389. The Bertz CT molecular complexity index is 489. The van der Waals surface area contributed by atoms with Crippen molar-refractivity contribution in [3.8, 4) is 5.75 Å². The Kier molecular flexibility index (Phi) is 3.68. The standard InChI is InChI=1S/C16H22O3/c1-10(2)12-5-6-16(3,18)14-8-15(19-4)11(9-17)7-13(12)14/h7-10,12,18H,5-6H2,1-4H3/t12-,16+/m1/s1. The number of carbonyl (C=O) groups is 1. The molecule has 1 aromatic carbocycles. The number of aliphatic hydroxyl groups is 1. The second kappa shape index (κ2) is 4.97. The maximum atomic E-state index is 11.2. The quantitative estimate of drug-likeness (QED) is 0.851. The molecule has 3 heteroatoms. The molecular weight excluding hydrogens is 240 g/mol. The van der Waals surface area contributed by atoms with Crippen LogP contribution in [0.2, 0.25) is 0 Å². The second-order valence-corrected chi connectivity index (χ2v) is 5.96. The van der Waals surface area contributed by atoms with E-state index in [1.165, 1.54) is 0 Å². The van der Waals surface area contributed by atoms with Crippen LogP contribution in [-0.2, 0) is 5.60 Å². The van der Waals surface area contributed by atoms with Crippen LogP contribution in [0.1, 0.15) is 61.0 Å². The van der Waals surface area contributed by atoms with Crippen molar-refractivity contribution < 1.29 is 14.6 Å². The first-order chi connectivity index (χ1) is 8.90. The van der Waals surface area contributed by atoms with Crippen molar-refractivity contribution in [2.45, 2.75) is 45.1 Å². The van der Waals surface area contributed by atoms with Gasteiger partial charge in [0.15, 0.2) is 6.29 Å². The van der Waals surface area contributed by atoms with E-state index >= 15 is 0 Å². The molecule has 0 spiro atoms. The van der Waals surface area contributed by atoms with Crippen molar-refractivity contribution in [2.75, 3.05) is 7.11 Å². The van der Waals surface area contributed by atoms with Gasteiger partial charge in [0, 0.05) is 0 Å². The first kappa shape index (κ1) is 14.1. The zero-order valence-electron chi connectivity index (χ0n) is 12.1. The van der Waals surface area contributed by atoms with E-state index in [1.807, 2.05) is 19.1 Å². The summed E-state index contributed by atoms with van der Waals surface area (Å²) in [7, 11) is 1.55. The van der Waals surface area contributed by atoms with Crippen LogP contribution in [0.5, 0.6) is 5.75 Å². The van der Waals surface area contributed by atoms with Crippen molar-refractivity contribution in [2.24, 2.45) is 5.92 Å². The molecule has 0 saturated heterocycles. The predicted molar refractivity (Wildman–Crippen MR) is 74.8 cm³/mol. The van der Waals surface area contributed by atoms with Crippen LogP contribution < -0.4 is 4.74 Å².